The Labute approximate surface area is 148 Å². The molecule has 124 valence electrons. The summed E-state index contributed by atoms with van der Waals surface area (Å²) in [5.74, 6) is 0.189. The number of aromatic nitrogens is 1. The van der Waals surface area contributed by atoms with E-state index >= 15 is 0 Å². The van der Waals surface area contributed by atoms with Gasteiger partial charge in [-0.05, 0) is 30.7 Å². The third-order valence-corrected chi connectivity index (χ3v) is 4.84. The van der Waals surface area contributed by atoms with Crippen molar-refractivity contribution < 1.29 is 4.79 Å². The summed E-state index contributed by atoms with van der Waals surface area (Å²) in [6.07, 6.45) is 3.95. The van der Waals surface area contributed by atoms with E-state index < -0.39 is 3.79 Å². The largest absolute Gasteiger partial charge is 0.348 e. The smallest absolute Gasteiger partial charge is 0.194 e. The quantitative estimate of drug-likeness (QED) is 0.631. The summed E-state index contributed by atoms with van der Waals surface area (Å²) >= 11 is 18.0. The molecule has 0 N–H and O–H groups in total. The van der Waals surface area contributed by atoms with E-state index in [0.29, 0.717) is 6.42 Å². The highest BCUT2D eigenvalue weighted by Gasteiger charge is 2.38. The van der Waals surface area contributed by atoms with E-state index in [1.54, 1.807) is 0 Å². The molecule has 1 aliphatic carbocycles. The predicted octanol–water partition coefficient (Wildman–Crippen LogP) is 5.66. The van der Waals surface area contributed by atoms with Gasteiger partial charge in [-0.2, -0.15) is 0 Å². The molecule has 0 saturated carbocycles. The van der Waals surface area contributed by atoms with Gasteiger partial charge in [0.2, 0.25) is 0 Å². The third kappa shape index (κ3) is 3.83. The first-order valence-corrected chi connectivity index (χ1v) is 9.00. The van der Waals surface area contributed by atoms with Crippen LogP contribution in [0.5, 0.6) is 0 Å². The van der Waals surface area contributed by atoms with Crippen molar-refractivity contribution in [3.8, 4) is 0 Å². The molecular formula is C17H24Cl3NO. The zero-order valence-corrected chi connectivity index (χ0v) is 16.0. The van der Waals surface area contributed by atoms with Gasteiger partial charge in [0.15, 0.2) is 9.58 Å². The molecule has 1 heterocycles. The normalized spacial score (nSPS) is 17.7. The van der Waals surface area contributed by atoms with Gasteiger partial charge in [0, 0.05) is 36.3 Å². The lowest BCUT2D eigenvalue weighted by Crippen LogP contribution is -2.28. The number of carbonyl (C=O) groups excluding carboxylic acids is 1. The van der Waals surface area contributed by atoms with Crippen molar-refractivity contribution in [3.05, 3.63) is 22.5 Å². The van der Waals surface area contributed by atoms with E-state index in [1.807, 2.05) is 6.92 Å². The number of rotatable bonds is 4. The van der Waals surface area contributed by atoms with Gasteiger partial charge in [-0.25, -0.2) is 0 Å². The highest BCUT2D eigenvalue weighted by Crippen LogP contribution is 2.41. The Hall–Kier alpha value is -0.180. The van der Waals surface area contributed by atoms with E-state index in [4.69, 9.17) is 34.8 Å². The molecule has 0 amide bonds. The van der Waals surface area contributed by atoms with Crippen LogP contribution in [0.2, 0.25) is 0 Å². The van der Waals surface area contributed by atoms with Gasteiger partial charge in [-0.3, -0.25) is 4.79 Å². The summed E-state index contributed by atoms with van der Waals surface area (Å²) in [4.78, 5) is 12.7. The summed E-state index contributed by atoms with van der Waals surface area (Å²) in [7, 11) is 0. The number of nitrogens with zero attached hydrogens (tertiary/aromatic N) is 1. The molecule has 0 radical (unpaired) electrons. The van der Waals surface area contributed by atoms with Crippen molar-refractivity contribution in [2.45, 2.75) is 70.1 Å². The minimum absolute atomic E-state index is 0.00388. The monoisotopic (exact) mass is 363 g/mol. The van der Waals surface area contributed by atoms with Gasteiger partial charge in [-0.1, -0.05) is 62.0 Å². The number of alkyl halides is 3. The zero-order chi connectivity index (χ0) is 16.7. The topological polar surface area (TPSA) is 22.0 Å². The van der Waals surface area contributed by atoms with E-state index in [0.717, 1.165) is 48.3 Å². The number of Topliss-reactive ketones (excluding diaryl/α,β-unsaturated/α-hetero) is 1. The zero-order valence-electron chi connectivity index (χ0n) is 13.7. The van der Waals surface area contributed by atoms with E-state index in [2.05, 4.69) is 25.3 Å². The second kappa shape index (κ2) is 6.37. The molecule has 0 unspecified atom stereocenters. The van der Waals surface area contributed by atoms with Gasteiger partial charge in [-0.15, -0.1) is 0 Å². The molecular weight excluding hydrogens is 341 g/mol. The Kier molecular flexibility index (Phi) is 5.26. The molecule has 22 heavy (non-hydrogen) atoms. The molecule has 0 saturated heterocycles. The van der Waals surface area contributed by atoms with Crippen molar-refractivity contribution in [2.75, 3.05) is 0 Å². The van der Waals surface area contributed by atoms with Crippen molar-refractivity contribution in [1.29, 1.82) is 0 Å². The molecule has 2 rings (SSSR count). The fourth-order valence-electron chi connectivity index (χ4n) is 3.44. The second-order valence-electron chi connectivity index (χ2n) is 7.12. The van der Waals surface area contributed by atoms with Crippen LogP contribution >= 0.6 is 34.8 Å². The number of ketones is 1. The number of hydrogen-bond donors (Lipinski definition) is 0. The van der Waals surface area contributed by atoms with E-state index in [1.165, 1.54) is 0 Å². The van der Waals surface area contributed by atoms with Gasteiger partial charge in [0.05, 0.1) is 0 Å². The number of fused-ring (bicyclic) bond motifs is 1. The molecule has 0 aliphatic heterocycles. The number of unbranched alkanes of at least 4 members (excludes halogenated alkanes) is 1. The Morgan fingerprint density at radius 3 is 2.41 bits per heavy atom. The Morgan fingerprint density at radius 1 is 1.23 bits per heavy atom. The van der Waals surface area contributed by atoms with Gasteiger partial charge < -0.3 is 4.57 Å². The van der Waals surface area contributed by atoms with Gasteiger partial charge >= 0.3 is 0 Å². The molecule has 0 atom stereocenters. The fraction of sp³-hybridized carbons (Fsp3) is 0.706. The molecule has 1 aromatic rings. The van der Waals surface area contributed by atoms with Crippen molar-refractivity contribution in [1.82, 2.24) is 4.57 Å². The summed E-state index contributed by atoms with van der Waals surface area (Å²) in [6.45, 7) is 9.43. The SMILES string of the molecule is CCCCn1c(C)c(CC(Cl)(Cl)Cl)c2c1CC(C)(C)CC2=O. The minimum Gasteiger partial charge on any atom is -0.348 e. The highest BCUT2D eigenvalue weighted by atomic mass is 35.6. The Bertz CT molecular complexity index is 582. The van der Waals surface area contributed by atoms with Crippen molar-refractivity contribution in [3.63, 3.8) is 0 Å². The molecule has 0 fully saturated rings. The van der Waals surface area contributed by atoms with Crippen LogP contribution in [0, 0.1) is 12.3 Å². The maximum atomic E-state index is 12.7. The van der Waals surface area contributed by atoms with Gasteiger partial charge in [0.1, 0.15) is 0 Å². The average molecular weight is 365 g/mol. The first kappa shape index (κ1) is 18.2. The van der Waals surface area contributed by atoms with Crippen LogP contribution in [0.25, 0.3) is 0 Å². The van der Waals surface area contributed by atoms with Gasteiger partial charge in [0.25, 0.3) is 0 Å². The van der Waals surface area contributed by atoms with Crippen LogP contribution in [-0.2, 0) is 19.4 Å². The lowest BCUT2D eigenvalue weighted by atomic mass is 9.75. The van der Waals surface area contributed by atoms with E-state index in [-0.39, 0.29) is 17.6 Å². The lowest BCUT2D eigenvalue weighted by molar-refractivity contribution is 0.0909. The first-order chi connectivity index (χ1) is 10.1. The molecule has 0 aromatic carbocycles. The van der Waals surface area contributed by atoms with Crippen molar-refractivity contribution >= 4 is 40.6 Å². The Balaban J connectivity index is 2.57. The summed E-state index contributed by atoms with van der Waals surface area (Å²) in [6, 6.07) is 0. The summed E-state index contributed by atoms with van der Waals surface area (Å²) in [5, 5.41) is 0. The highest BCUT2D eigenvalue weighted by molar-refractivity contribution is 6.67. The average Bonchev–Trinajstić information content (AvgIpc) is 2.57. The molecule has 2 nitrogen and oxygen atoms in total. The van der Waals surface area contributed by atoms with Crippen LogP contribution < -0.4 is 0 Å². The summed E-state index contributed by atoms with van der Waals surface area (Å²) in [5.41, 5.74) is 3.95. The van der Waals surface area contributed by atoms with E-state index in [9.17, 15) is 4.79 Å². The molecule has 5 heteroatoms. The van der Waals surface area contributed by atoms with Crippen molar-refractivity contribution in [2.24, 2.45) is 5.41 Å². The third-order valence-electron chi connectivity index (χ3n) is 4.43. The van der Waals surface area contributed by atoms with Crippen LogP contribution in [-0.4, -0.2) is 14.1 Å². The van der Waals surface area contributed by atoms with Crippen LogP contribution in [0.15, 0.2) is 0 Å². The van der Waals surface area contributed by atoms with Crippen LogP contribution in [0.3, 0.4) is 0 Å². The summed E-state index contributed by atoms with van der Waals surface area (Å²) < 4.78 is 0.909. The maximum Gasteiger partial charge on any atom is 0.194 e. The number of hydrogen-bond acceptors (Lipinski definition) is 1. The molecule has 1 aliphatic rings. The minimum atomic E-state index is -1.37. The van der Waals surface area contributed by atoms with Crippen LogP contribution in [0.1, 0.15) is 67.3 Å². The maximum absolute atomic E-state index is 12.7. The molecule has 0 spiro atoms. The fourth-order valence-corrected chi connectivity index (χ4v) is 3.84. The molecule has 1 aromatic heterocycles. The number of carbonyl (C=O) groups is 1. The lowest BCUT2D eigenvalue weighted by Gasteiger charge is -2.30. The second-order valence-corrected chi connectivity index (χ2v) is 9.64. The predicted molar refractivity (Wildman–Crippen MR) is 94.5 cm³/mol. The Morgan fingerprint density at radius 2 is 1.86 bits per heavy atom. The standard InChI is InChI=1S/C17H24Cl3NO/c1-5-6-7-21-11(2)12(8-17(18,19)20)15-13(21)9-16(3,4)10-14(15)22/h5-10H2,1-4H3. The molecule has 0 bridgehead atoms. The number of halogens is 3. The first-order valence-electron chi connectivity index (χ1n) is 7.86. The van der Waals surface area contributed by atoms with Crippen LogP contribution in [0.4, 0.5) is 0 Å².